The van der Waals surface area contributed by atoms with Gasteiger partial charge in [0.15, 0.2) is 17.7 Å². The number of hydrogen-bond donors (Lipinski definition) is 0. The molecule has 0 aromatic heterocycles. The predicted octanol–water partition coefficient (Wildman–Crippen LogP) is 3.75. The van der Waals surface area contributed by atoms with Crippen LogP contribution in [-0.4, -0.2) is 29.4 Å². The monoisotopic (exact) mass is 379 g/mol. The van der Waals surface area contributed by atoms with E-state index in [-0.39, 0.29) is 16.5 Å². The first kappa shape index (κ1) is 18.3. The van der Waals surface area contributed by atoms with E-state index in [1.54, 1.807) is 4.90 Å². The Hall–Kier alpha value is -2.47. The Morgan fingerprint density at radius 1 is 1.15 bits per heavy atom. The van der Waals surface area contributed by atoms with E-state index in [0.717, 1.165) is 12.0 Å². The Morgan fingerprint density at radius 3 is 2.54 bits per heavy atom. The van der Waals surface area contributed by atoms with Gasteiger partial charge in [0.2, 0.25) is 0 Å². The van der Waals surface area contributed by atoms with Crippen LogP contribution < -0.4 is 0 Å². The van der Waals surface area contributed by atoms with Crippen LogP contribution in [0.1, 0.15) is 28.4 Å². The summed E-state index contributed by atoms with van der Waals surface area (Å²) in [6.07, 6.45) is -0.352. The maximum Gasteiger partial charge on any atom is 0.340 e. The van der Waals surface area contributed by atoms with Gasteiger partial charge in [0.1, 0.15) is 0 Å². The summed E-state index contributed by atoms with van der Waals surface area (Å²) in [4.78, 5) is 26.3. The molecule has 4 nitrogen and oxygen atoms in total. The topological polar surface area (TPSA) is 46.6 Å². The van der Waals surface area contributed by atoms with E-state index in [1.807, 2.05) is 24.3 Å². The molecule has 0 aliphatic carbocycles. The standard InChI is InChI=1S/C19H16ClF2NO3/c1-11(26-19(25)14-8-16(21)17(22)9-15(14)20)18(24)23-7-6-12-4-2-3-5-13(12)10-23/h2-5,8-9,11H,6-7,10H2,1H3/t11-/m0/s1. The molecule has 0 fully saturated rings. The Kier molecular flexibility index (Phi) is 5.23. The largest absolute Gasteiger partial charge is 0.449 e. The van der Waals surface area contributed by atoms with Gasteiger partial charge in [-0.15, -0.1) is 0 Å². The average molecular weight is 380 g/mol. The molecule has 0 unspecified atom stereocenters. The summed E-state index contributed by atoms with van der Waals surface area (Å²) in [5, 5.41) is -0.277. The van der Waals surface area contributed by atoms with E-state index in [0.29, 0.717) is 25.2 Å². The Morgan fingerprint density at radius 2 is 1.81 bits per heavy atom. The molecule has 0 N–H and O–H groups in total. The van der Waals surface area contributed by atoms with Gasteiger partial charge in [0.25, 0.3) is 5.91 Å². The summed E-state index contributed by atoms with van der Waals surface area (Å²) in [6, 6.07) is 9.18. The zero-order chi connectivity index (χ0) is 18.8. The van der Waals surface area contributed by atoms with Gasteiger partial charge in [-0.2, -0.15) is 0 Å². The van der Waals surface area contributed by atoms with Crippen molar-refractivity contribution in [3.63, 3.8) is 0 Å². The van der Waals surface area contributed by atoms with Gasteiger partial charge >= 0.3 is 5.97 Å². The van der Waals surface area contributed by atoms with E-state index < -0.39 is 23.7 Å². The van der Waals surface area contributed by atoms with Crippen LogP contribution in [0, 0.1) is 11.6 Å². The van der Waals surface area contributed by atoms with Crippen LogP contribution in [-0.2, 0) is 22.5 Å². The molecule has 0 saturated carbocycles. The summed E-state index contributed by atoms with van der Waals surface area (Å²) >= 11 is 5.76. The van der Waals surface area contributed by atoms with Gasteiger partial charge in [-0.3, -0.25) is 4.79 Å². The number of nitrogens with zero attached hydrogens (tertiary/aromatic N) is 1. The van der Waals surface area contributed by atoms with E-state index in [9.17, 15) is 18.4 Å². The van der Waals surface area contributed by atoms with Crippen molar-refractivity contribution in [1.29, 1.82) is 0 Å². The number of halogens is 3. The molecule has 2 aromatic rings. The number of rotatable bonds is 3. The maximum absolute atomic E-state index is 13.3. The zero-order valence-corrected chi connectivity index (χ0v) is 14.7. The molecular formula is C19H16ClF2NO3. The molecule has 2 aromatic carbocycles. The highest BCUT2D eigenvalue weighted by molar-refractivity contribution is 6.33. The summed E-state index contributed by atoms with van der Waals surface area (Å²) in [5.74, 6) is -3.71. The van der Waals surface area contributed by atoms with Crippen LogP contribution in [0.25, 0.3) is 0 Å². The minimum absolute atomic E-state index is 0.277. The zero-order valence-electron chi connectivity index (χ0n) is 14.0. The molecule has 26 heavy (non-hydrogen) atoms. The lowest BCUT2D eigenvalue weighted by Gasteiger charge is -2.30. The molecule has 3 rings (SSSR count). The predicted molar refractivity (Wildman–Crippen MR) is 91.8 cm³/mol. The number of carbonyl (C=O) groups excluding carboxylic acids is 2. The summed E-state index contributed by atoms with van der Waals surface area (Å²) in [7, 11) is 0. The Labute approximate surface area is 154 Å². The van der Waals surface area contributed by atoms with E-state index in [4.69, 9.17) is 16.3 Å². The lowest BCUT2D eigenvalue weighted by atomic mass is 9.99. The summed E-state index contributed by atoms with van der Waals surface area (Å²) in [5.41, 5.74) is 1.92. The van der Waals surface area contributed by atoms with Gasteiger partial charge in [0, 0.05) is 13.1 Å². The van der Waals surface area contributed by atoms with Gasteiger partial charge in [-0.05, 0) is 36.6 Å². The van der Waals surface area contributed by atoms with Crippen molar-refractivity contribution in [1.82, 2.24) is 4.90 Å². The van der Waals surface area contributed by atoms with Gasteiger partial charge in [0.05, 0.1) is 10.6 Å². The van der Waals surface area contributed by atoms with Gasteiger partial charge in [-0.1, -0.05) is 35.9 Å². The molecule has 0 bridgehead atoms. The molecule has 136 valence electrons. The quantitative estimate of drug-likeness (QED) is 0.602. The number of esters is 1. The fourth-order valence-corrected chi connectivity index (χ4v) is 3.12. The molecule has 1 aliphatic rings. The third-order valence-corrected chi connectivity index (χ3v) is 4.62. The van der Waals surface area contributed by atoms with Crippen molar-refractivity contribution in [3.8, 4) is 0 Å². The minimum atomic E-state index is -1.21. The van der Waals surface area contributed by atoms with Crippen molar-refractivity contribution >= 4 is 23.5 Å². The number of fused-ring (bicyclic) bond motifs is 1. The smallest absolute Gasteiger partial charge is 0.340 e. The number of ether oxygens (including phenoxy) is 1. The first-order valence-electron chi connectivity index (χ1n) is 8.08. The lowest BCUT2D eigenvalue weighted by molar-refractivity contribution is -0.140. The Balaban J connectivity index is 1.68. The molecule has 0 spiro atoms. The fourth-order valence-electron chi connectivity index (χ4n) is 2.89. The number of hydrogen-bond acceptors (Lipinski definition) is 3. The second-order valence-electron chi connectivity index (χ2n) is 6.07. The molecule has 1 heterocycles. The summed E-state index contributed by atoms with van der Waals surface area (Å²) in [6.45, 7) is 2.39. The van der Waals surface area contributed by atoms with Crippen LogP contribution in [0.5, 0.6) is 0 Å². The number of amides is 1. The van der Waals surface area contributed by atoms with Crippen LogP contribution in [0.3, 0.4) is 0 Å². The van der Waals surface area contributed by atoms with E-state index in [1.165, 1.54) is 12.5 Å². The van der Waals surface area contributed by atoms with Crippen LogP contribution in [0.4, 0.5) is 8.78 Å². The van der Waals surface area contributed by atoms with Crippen molar-refractivity contribution < 1.29 is 23.1 Å². The second-order valence-corrected chi connectivity index (χ2v) is 6.48. The van der Waals surface area contributed by atoms with E-state index >= 15 is 0 Å². The number of benzene rings is 2. The third-order valence-electron chi connectivity index (χ3n) is 4.30. The van der Waals surface area contributed by atoms with Gasteiger partial charge in [-0.25, -0.2) is 13.6 Å². The highest BCUT2D eigenvalue weighted by Crippen LogP contribution is 2.23. The van der Waals surface area contributed by atoms with Crippen molar-refractivity contribution in [2.24, 2.45) is 0 Å². The molecule has 1 atom stereocenters. The number of carbonyl (C=O) groups is 2. The molecule has 7 heteroatoms. The van der Waals surface area contributed by atoms with Crippen molar-refractivity contribution in [2.75, 3.05) is 6.54 Å². The molecular weight excluding hydrogens is 364 g/mol. The SMILES string of the molecule is C[C@H](OC(=O)c1cc(F)c(F)cc1Cl)C(=O)N1CCc2ccccc2C1. The van der Waals surface area contributed by atoms with E-state index in [2.05, 4.69) is 0 Å². The third kappa shape index (κ3) is 3.70. The van der Waals surface area contributed by atoms with Crippen molar-refractivity contribution in [2.45, 2.75) is 26.0 Å². The average Bonchev–Trinajstić information content (AvgIpc) is 2.63. The summed E-state index contributed by atoms with van der Waals surface area (Å²) < 4.78 is 31.5. The normalized spacial score (nSPS) is 14.5. The highest BCUT2D eigenvalue weighted by atomic mass is 35.5. The van der Waals surface area contributed by atoms with Crippen LogP contribution >= 0.6 is 11.6 Å². The molecule has 1 amide bonds. The molecule has 1 aliphatic heterocycles. The highest BCUT2D eigenvalue weighted by Gasteiger charge is 2.28. The molecule has 0 radical (unpaired) electrons. The first-order valence-corrected chi connectivity index (χ1v) is 8.45. The second kappa shape index (κ2) is 7.41. The van der Waals surface area contributed by atoms with Gasteiger partial charge < -0.3 is 9.64 Å². The Bertz CT molecular complexity index is 872. The first-order chi connectivity index (χ1) is 12.4. The minimum Gasteiger partial charge on any atom is -0.449 e. The van der Waals surface area contributed by atoms with Crippen molar-refractivity contribution in [3.05, 3.63) is 69.7 Å². The van der Waals surface area contributed by atoms with Crippen LogP contribution in [0.15, 0.2) is 36.4 Å². The lowest BCUT2D eigenvalue weighted by Crippen LogP contribution is -2.42. The fraction of sp³-hybridized carbons (Fsp3) is 0.263. The maximum atomic E-state index is 13.3. The molecule has 0 saturated heterocycles. The van der Waals surface area contributed by atoms with Crippen LogP contribution in [0.2, 0.25) is 5.02 Å².